The highest BCUT2D eigenvalue weighted by atomic mass is 79.9. The van der Waals surface area contributed by atoms with E-state index < -0.39 is 0 Å². The van der Waals surface area contributed by atoms with Crippen LogP contribution >= 0.6 is 15.9 Å². The fraction of sp³-hybridized carbons (Fsp3) is 0.286. The molecule has 5 heteroatoms. The van der Waals surface area contributed by atoms with Gasteiger partial charge in [-0.3, -0.25) is 0 Å². The standard InChI is InChI=1S/C14H17BrN4/c1-2-19(14-13(15)8-17-10-18-14)9-12-6-4-3-5-11(12)7-16/h3-6,8,10H,2,7,9,16H2,1H3. The molecule has 0 saturated heterocycles. The Hall–Kier alpha value is -1.46. The van der Waals surface area contributed by atoms with E-state index in [0.717, 1.165) is 23.4 Å². The summed E-state index contributed by atoms with van der Waals surface area (Å²) in [4.78, 5) is 10.5. The van der Waals surface area contributed by atoms with E-state index in [2.05, 4.69) is 49.9 Å². The molecule has 2 rings (SSSR count). The predicted octanol–water partition coefficient (Wildman–Crippen LogP) is 2.72. The predicted molar refractivity (Wildman–Crippen MR) is 80.8 cm³/mol. The Labute approximate surface area is 121 Å². The van der Waals surface area contributed by atoms with E-state index in [4.69, 9.17) is 5.73 Å². The summed E-state index contributed by atoms with van der Waals surface area (Å²) in [6.45, 7) is 4.33. The Morgan fingerprint density at radius 3 is 2.63 bits per heavy atom. The van der Waals surface area contributed by atoms with Crippen LogP contribution in [0.2, 0.25) is 0 Å². The second kappa shape index (κ2) is 6.63. The summed E-state index contributed by atoms with van der Waals surface area (Å²) in [6.07, 6.45) is 3.33. The van der Waals surface area contributed by atoms with Crippen molar-refractivity contribution < 1.29 is 0 Å². The lowest BCUT2D eigenvalue weighted by Gasteiger charge is -2.24. The first-order valence-electron chi connectivity index (χ1n) is 6.23. The van der Waals surface area contributed by atoms with E-state index in [-0.39, 0.29) is 0 Å². The molecule has 0 aliphatic heterocycles. The summed E-state index contributed by atoms with van der Waals surface area (Å²) >= 11 is 3.50. The Kier molecular flexibility index (Phi) is 4.87. The number of nitrogens with two attached hydrogens (primary N) is 1. The van der Waals surface area contributed by atoms with Gasteiger partial charge in [0, 0.05) is 25.8 Å². The Morgan fingerprint density at radius 1 is 1.26 bits per heavy atom. The van der Waals surface area contributed by atoms with Gasteiger partial charge in [0.25, 0.3) is 0 Å². The van der Waals surface area contributed by atoms with E-state index in [1.54, 1.807) is 12.5 Å². The van der Waals surface area contributed by atoms with Crippen molar-refractivity contribution >= 4 is 21.7 Å². The number of rotatable bonds is 5. The lowest BCUT2D eigenvalue weighted by Crippen LogP contribution is -2.24. The Balaban J connectivity index is 2.27. The molecule has 0 aliphatic carbocycles. The third-order valence-corrected chi connectivity index (χ3v) is 3.59. The number of halogens is 1. The molecule has 0 radical (unpaired) electrons. The maximum Gasteiger partial charge on any atom is 0.146 e. The van der Waals surface area contributed by atoms with Crippen LogP contribution in [0.3, 0.4) is 0 Å². The fourth-order valence-corrected chi connectivity index (χ4v) is 2.46. The van der Waals surface area contributed by atoms with Crippen LogP contribution in [0.5, 0.6) is 0 Å². The first-order chi connectivity index (χ1) is 9.26. The number of anilines is 1. The molecule has 1 aromatic heterocycles. The Morgan fingerprint density at radius 2 is 2.00 bits per heavy atom. The van der Waals surface area contributed by atoms with E-state index in [1.807, 2.05) is 12.1 Å². The molecule has 0 saturated carbocycles. The molecule has 1 aromatic carbocycles. The highest BCUT2D eigenvalue weighted by Gasteiger charge is 2.12. The minimum atomic E-state index is 0.554. The summed E-state index contributed by atoms with van der Waals surface area (Å²) < 4.78 is 0.905. The maximum absolute atomic E-state index is 5.78. The molecular formula is C14H17BrN4. The fourth-order valence-electron chi connectivity index (χ4n) is 1.99. The largest absolute Gasteiger partial charge is 0.352 e. The molecule has 0 fully saturated rings. The highest BCUT2D eigenvalue weighted by molar-refractivity contribution is 9.10. The molecule has 4 nitrogen and oxygen atoms in total. The SMILES string of the molecule is CCN(Cc1ccccc1CN)c1ncncc1Br. The first-order valence-corrected chi connectivity index (χ1v) is 7.02. The van der Waals surface area contributed by atoms with Crippen LogP contribution in [0.1, 0.15) is 18.1 Å². The van der Waals surface area contributed by atoms with Gasteiger partial charge in [-0.05, 0) is 34.0 Å². The topological polar surface area (TPSA) is 55.0 Å². The smallest absolute Gasteiger partial charge is 0.146 e. The quantitative estimate of drug-likeness (QED) is 0.920. The van der Waals surface area contributed by atoms with Gasteiger partial charge in [0.2, 0.25) is 0 Å². The van der Waals surface area contributed by atoms with Gasteiger partial charge < -0.3 is 10.6 Å². The van der Waals surface area contributed by atoms with Crippen molar-refractivity contribution in [1.82, 2.24) is 9.97 Å². The lowest BCUT2D eigenvalue weighted by molar-refractivity contribution is 0.797. The van der Waals surface area contributed by atoms with Gasteiger partial charge in [-0.25, -0.2) is 9.97 Å². The van der Waals surface area contributed by atoms with E-state index in [1.165, 1.54) is 11.1 Å². The van der Waals surface area contributed by atoms with Gasteiger partial charge >= 0.3 is 0 Å². The van der Waals surface area contributed by atoms with Crippen molar-refractivity contribution in [2.75, 3.05) is 11.4 Å². The third-order valence-electron chi connectivity index (χ3n) is 3.03. The molecule has 0 amide bonds. The van der Waals surface area contributed by atoms with Gasteiger partial charge in [-0.1, -0.05) is 24.3 Å². The van der Waals surface area contributed by atoms with Crippen LogP contribution in [-0.4, -0.2) is 16.5 Å². The normalized spacial score (nSPS) is 10.5. The zero-order valence-corrected chi connectivity index (χ0v) is 12.5. The molecule has 100 valence electrons. The monoisotopic (exact) mass is 320 g/mol. The van der Waals surface area contributed by atoms with Crippen molar-refractivity contribution in [3.8, 4) is 0 Å². The van der Waals surface area contributed by atoms with Crippen LogP contribution in [0.4, 0.5) is 5.82 Å². The molecule has 2 aromatic rings. The molecular weight excluding hydrogens is 304 g/mol. The minimum Gasteiger partial charge on any atom is -0.352 e. The molecule has 0 atom stereocenters. The molecule has 19 heavy (non-hydrogen) atoms. The van der Waals surface area contributed by atoms with Gasteiger partial charge in [-0.15, -0.1) is 0 Å². The maximum atomic E-state index is 5.78. The van der Waals surface area contributed by atoms with Crippen LogP contribution < -0.4 is 10.6 Å². The molecule has 0 bridgehead atoms. The summed E-state index contributed by atoms with van der Waals surface area (Å²) in [5.41, 5.74) is 8.19. The zero-order valence-electron chi connectivity index (χ0n) is 10.9. The van der Waals surface area contributed by atoms with E-state index in [9.17, 15) is 0 Å². The molecule has 0 aliphatic rings. The number of aromatic nitrogens is 2. The highest BCUT2D eigenvalue weighted by Crippen LogP contribution is 2.24. The molecule has 0 spiro atoms. The molecule has 1 heterocycles. The van der Waals surface area contributed by atoms with Crippen molar-refractivity contribution in [2.45, 2.75) is 20.0 Å². The van der Waals surface area contributed by atoms with Gasteiger partial charge in [0.15, 0.2) is 0 Å². The van der Waals surface area contributed by atoms with Gasteiger partial charge in [-0.2, -0.15) is 0 Å². The number of nitrogens with zero attached hydrogens (tertiary/aromatic N) is 3. The van der Waals surface area contributed by atoms with Gasteiger partial charge in [0.1, 0.15) is 12.1 Å². The number of hydrogen-bond acceptors (Lipinski definition) is 4. The average molecular weight is 321 g/mol. The van der Waals surface area contributed by atoms with Crippen LogP contribution in [0.25, 0.3) is 0 Å². The average Bonchev–Trinajstić information content (AvgIpc) is 2.46. The van der Waals surface area contributed by atoms with Gasteiger partial charge in [0.05, 0.1) is 4.47 Å². The van der Waals surface area contributed by atoms with Crippen molar-refractivity contribution in [3.05, 3.63) is 52.4 Å². The summed E-state index contributed by atoms with van der Waals surface area (Å²) in [5, 5.41) is 0. The second-order valence-electron chi connectivity index (χ2n) is 4.18. The van der Waals surface area contributed by atoms with Crippen LogP contribution in [-0.2, 0) is 13.1 Å². The van der Waals surface area contributed by atoms with Crippen molar-refractivity contribution in [2.24, 2.45) is 5.73 Å². The Bertz CT molecular complexity index is 544. The summed E-state index contributed by atoms with van der Waals surface area (Å²) in [5.74, 6) is 0.907. The third kappa shape index (κ3) is 3.30. The molecule has 0 unspecified atom stereocenters. The van der Waals surface area contributed by atoms with Crippen LogP contribution in [0.15, 0.2) is 41.3 Å². The van der Waals surface area contributed by atoms with Crippen molar-refractivity contribution in [3.63, 3.8) is 0 Å². The second-order valence-corrected chi connectivity index (χ2v) is 5.04. The summed E-state index contributed by atoms with van der Waals surface area (Å²) in [6, 6.07) is 8.23. The van der Waals surface area contributed by atoms with E-state index in [0.29, 0.717) is 6.54 Å². The summed E-state index contributed by atoms with van der Waals surface area (Å²) in [7, 11) is 0. The van der Waals surface area contributed by atoms with Crippen molar-refractivity contribution in [1.29, 1.82) is 0 Å². The number of hydrogen-bond donors (Lipinski definition) is 1. The zero-order chi connectivity index (χ0) is 13.7. The minimum absolute atomic E-state index is 0.554. The molecule has 2 N–H and O–H groups in total. The van der Waals surface area contributed by atoms with Crippen LogP contribution in [0, 0.1) is 0 Å². The lowest BCUT2D eigenvalue weighted by atomic mass is 10.1. The van der Waals surface area contributed by atoms with E-state index >= 15 is 0 Å². The first kappa shape index (κ1) is 14.0. The number of benzene rings is 1.